The van der Waals surface area contributed by atoms with Gasteiger partial charge in [-0.15, -0.1) is 5.10 Å². The largest absolute Gasteiger partial charge is 0.399 e. The van der Waals surface area contributed by atoms with Gasteiger partial charge in [0.15, 0.2) is 0 Å². The average Bonchev–Trinajstić information content (AvgIpc) is 2.68. The Balaban J connectivity index is 2.21. The highest BCUT2D eigenvalue weighted by Crippen LogP contribution is 2.22. The SMILES string of the molecule is CCOCC(C)(C)Cn1nnc2cc(N)ccc21. The van der Waals surface area contributed by atoms with Crippen LogP contribution in [-0.4, -0.2) is 28.2 Å². The molecule has 0 radical (unpaired) electrons. The van der Waals surface area contributed by atoms with Crippen molar-refractivity contribution in [2.75, 3.05) is 18.9 Å². The molecule has 0 unspecified atom stereocenters. The normalized spacial score (nSPS) is 12.2. The third kappa shape index (κ3) is 2.79. The molecule has 2 aromatic rings. The van der Waals surface area contributed by atoms with Crippen LogP contribution in [0.15, 0.2) is 18.2 Å². The van der Waals surface area contributed by atoms with Crippen molar-refractivity contribution >= 4 is 16.7 Å². The number of ether oxygens (including phenoxy) is 1. The van der Waals surface area contributed by atoms with Gasteiger partial charge in [0.25, 0.3) is 0 Å². The maximum atomic E-state index is 5.73. The van der Waals surface area contributed by atoms with Gasteiger partial charge < -0.3 is 10.5 Å². The van der Waals surface area contributed by atoms with Crippen LogP contribution in [0.4, 0.5) is 5.69 Å². The highest BCUT2D eigenvalue weighted by atomic mass is 16.5. The maximum absolute atomic E-state index is 5.73. The fourth-order valence-corrected chi connectivity index (χ4v) is 1.94. The van der Waals surface area contributed by atoms with E-state index in [2.05, 4.69) is 24.2 Å². The highest BCUT2D eigenvalue weighted by molar-refractivity contribution is 5.77. The third-order valence-corrected chi connectivity index (χ3v) is 2.81. The van der Waals surface area contributed by atoms with E-state index in [-0.39, 0.29) is 5.41 Å². The van der Waals surface area contributed by atoms with E-state index in [0.29, 0.717) is 12.3 Å². The van der Waals surface area contributed by atoms with Crippen LogP contribution in [0, 0.1) is 5.41 Å². The van der Waals surface area contributed by atoms with Crippen LogP contribution in [0.25, 0.3) is 11.0 Å². The molecule has 18 heavy (non-hydrogen) atoms. The Labute approximate surface area is 107 Å². The van der Waals surface area contributed by atoms with Gasteiger partial charge in [0, 0.05) is 17.7 Å². The van der Waals surface area contributed by atoms with E-state index in [9.17, 15) is 0 Å². The molecule has 0 saturated carbocycles. The summed E-state index contributed by atoms with van der Waals surface area (Å²) in [7, 11) is 0. The number of benzene rings is 1. The first-order chi connectivity index (χ1) is 8.52. The fourth-order valence-electron chi connectivity index (χ4n) is 1.94. The Kier molecular flexibility index (Phi) is 3.52. The molecule has 5 heteroatoms. The summed E-state index contributed by atoms with van der Waals surface area (Å²) in [4.78, 5) is 0. The first kappa shape index (κ1) is 12.8. The third-order valence-electron chi connectivity index (χ3n) is 2.81. The monoisotopic (exact) mass is 248 g/mol. The topological polar surface area (TPSA) is 66.0 Å². The number of hydrogen-bond acceptors (Lipinski definition) is 4. The number of rotatable bonds is 5. The van der Waals surface area contributed by atoms with Crippen molar-refractivity contribution in [2.24, 2.45) is 5.41 Å². The molecule has 1 heterocycles. The lowest BCUT2D eigenvalue weighted by Crippen LogP contribution is -2.26. The summed E-state index contributed by atoms with van der Waals surface area (Å²) in [5.41, 5.74) is 8.31. The molecule has 0 spiro atoms. The van der Waals surface area contributed by atoms with Crippen molar-refractivity contribution in [2.45, 2.75) is 27.3 Å². The lowest BCUT2D eigenvalue weighted by Gasteiger charge is -2.24. The molecule has 0 atom stereocenters. The second-order valence-corrected chi connectivity index (χ2v) is 5.30. The second-order valence-electron chi connectivity index (χ2n) is 5.30. The zero-order valence-electron chi connectivity index (χ0n) is 11.2. The van der Waals surface area contributed by atoms with Crippen molar-refractivity contribution in [3.8, 4) is 0 Å². The number of aromatic nitrogens is 3. The lowest BCUT2D eigenvalue weighted by atomic mass is 9.95. The van der Waals surface area contributed by atoms with Crippen LogP contribution >= 0.6 is 0 Å². The van der Waals surface area contributed by atoms with Gasteiger partial charge in [-0.3, -0.25) is 0 Å². The van der Waals surface area contributed by atoms with Crippen molar-refractivity contribution < 1.29 is 4.74 Å². The average molecular weight is 248 g/mol. The van der Waals surface area contributed by atoms with E-state index >= 15 is 0 Å². The predicted octanol–water partition coefficient (Wildman–Crippen LogP) is 2.08. The summed E-state index contributed by atoms with van der Waals surface area (Å²) in [6, 6.07) is 5.67. The first-order valence-corrected chi connectivity index (χ1v) is 6.18. The molecule has 2 rings (SSSR count). The van der Waals surface area contributed by atoms with Gasteiger partial charge in [0.2, 0.25) is 0 Å². The number of anilines is 1. The standard InChI is InChI=1S/C13H20N4O/c1-4-18-9-13(2,3)8-17-12-6-5-10(14)7-11(12)15-16-17/h5-7H,4,8-9,14H2,1-3H3. The number of nitrogen functional groups attached to an aromatic ring is 1. The van der Waals surface area contributed by atoms with E-state index in [1.165, 1.54) is 0 Å². The zero-order chi connectivity index (χ0) is 13.2. The molecule has 98 valence electrons. The molecule has 2 N–H and O–H groups in total. The molecule has 0 aliphatic carbocycles. The summed E-state index contributed by atoms with van der Waals surface area (Å²) in [6.45, 7) is 8.54. The van der Waals surface area contributed by atoms with Crippen LogP contribution in [0.5, 0.6) is 0 Å². The molecule has 0 amide bonds. The van der Waals surface area contributed by atoms with Gasteiger partial charge in [0.05, 0.1) is 18.7 Å². The molecular weight excluding hydrogens is 228 g/mol. The first-order valence-electron chi connectivity index (χ1n) is 6.18. The molecule has 0 bridgehead atoms. The summed E-state index contributed by atoms with van der Waals surface area (Å²) in [5, 5.41) is 8.32. The molecule has 0 saturated heterocycles. The van der Waals surface area contributed by atoms with Gasteiger partial charge in [-0.05, 0) is 25.1 Å². The minimum atomic E-state index is 0.0258. The van der Waals surface area contributed by atoms with Crippen LogP contribution < -0.4 is 5.73 Å². The van der Waals surface area contributed by atoms with E-state index in [1.807, 2.05) is 29.8 Å². The zero-order valence-corrected chi connectivity index (χ0v) is 11.2. The molecule has 1 aromatic heterocycles. The molecule has 5 nitrogen and oxygen atoms in total. The molecule has 0 aliphatic rings. The predicted molar refractivity (Wildman–Crippen MR) is 72.2 cm³/mol. The van der Waals surface area contributed by atoms with E-state index < -0.39 is 0 Å². The molecule has 1 aromatic carbocycles. The number of nitrogens with two attached hydrogens (primary N) is 1. The molecule has 0 fully saturated rings. The minimum Gasteiger partial charge on any atom is -0.399 e. The molecular formula is C13H20N4O. The number of fused-ring (bicyclic) bond motifs is 1. The quantitative estimate of drug-likeness (QED) is 0.823. The van der Waals surface area contributed by atoms with E-state index in [4.69, 9.17) is 10.5 Å². The second kappa shape index (κ2) is 4.94. The van der Waals surface area contributed by atoms with Crippen LogP contribution in [0.3, 0.4) is 0 Å². The Morgan fingerprint density at radius 3 is 2.89 bits per heavy atom. The maximum Gasteiger partial charge on any atom is 0.115 e. The molecule has 0 aliphatic heterocycles. The Morgan fingerprint density at radius 1 is 1.39 bits per heavy atom. The van der Waals surface area contributed by atoms with Gasteiger partial charge in [-0.25, -0.2) is 4.68 Å². The Hall–Kier alpha value is -1.62. The van der Waals surface area contributed by atoms with E-state index in [1.54, 1.807) is 0 Å². The van der Waals surface area contributed by atoms with Crippen LogP contribution in [0.1, 0.15) is 20.8 Å². The van der Waals surface area contributed by atoms with Crippen molar-refractivity contribution in [3.63, 3.8) is 0 Å². The minimum absolute atomic E-state index is 0.0258. The summed E-state index contributed by atoms with van der Waals surface area (Å²) < 4.78 is 7.41. The van der Waals surface area contributed by atoms with Crippen molar-refractivity contribution in [1.82, 2.24) is 15.0 Å². The van der Waals surface area contributed by atoms with Crippen LogP contribution in [-0.2, 0) is 11.3 Å². The summed E-state index contributed by atoms with van der Waals surface area (Å²) >= 11 is 0. The van der Waals surface area contributed by atoms with Crippen LogP contribution in [0.2, 0.25) is 0 Å². The Morgan fingerprint density at radius 2 is 2.17 bits per heavy atom. The van der Waals surface area contributed by atoms with Gasteiger partial charge >= 0.3 is 0 Å². The fraction of sp³-hybridized carbons (Fsp3) is 0.538. The lowest BCUT2D eigenvalue weighted by molar-refractivity contribution is 0.0594. The summed E-state index contributed by atoms with van der Waals surface area (Å²) in [6.07, 6.45) is 0. The smallest absolute Gasteiger partial charge is 0.115 e. The summed E-state index contributed by atoms with van der Waals surface area (Å²) in [5.74, 6) is 0. The number of hydrogen-bond donors (Lipinski definition) is 1. The highest BCUT2D eigenvalue weighted by Gasteiger charge is 2.20. The van der Waals surface area contributed by atoms with Gasteiger partial charge in [-0.1, -0.05) is 19.1 Å². The van der Waals surface area contributed by atoms with E-state index in [0.717, 1.165) is 24.2 Å². The number of nitrogens with zero attached hydrogens (tertiary/aromatic N) is 3. The Bertz CT molecular complexity index is 533. The van der Waals surface area contributed by atoms with Gasteiger partial charge in [-0.2, -0.15) is 0 Å². The van der Waals surface area contributed by atoms with Crippen molar-refractivity contribution in [1.29, 1.82) is 0 Å². The van der Waals surface area contributed by atoms with Crippen molar-refractivity contribution in [3.05, 3.63) is 18.2 Å². The van der Waals surface area contributed by atoms with Gasteiger partial charge in [0.1, 0.15) is 5.52 Å².